The van der Waals surface area contributed by atoms with E-state index in [1.807, 2.05) is 0 Å². The lowest BCUT2D eigenvalue weighted by molar-refractivity contribution is -0.145. The molecule has 3 fully saturated rings. The molecule has 354 valence electrons. The maximum Gasteiger partial charge on any atom is 0.248 e. The Morgan fingerprint density at radius 1 is 0.656 bits per heavy atom. The zero-order valence-corrected chi connectivity index (χ0v) is 35.3. The standard InChI is InChI=1S/C40H59N9O15/c1-21(55)32(38(62)46-29(20-54)40(64)48-13-3-6-30(48)36(60)42-23(16-50)17-51)47-37(61)31-7-4-14-49(31)39(63)28(19-53)45-34(58)26(15-22-8-10-24(56)11-9-22)43-35(59)27(18-52)44-33(57)25-5-2-12-41-25/h8-11,16,21,23,25-32,41,51-56H,2-7,12-15,17-20H2,1H3,(H,42,60)(H,43,59)(H,44,57)(H,45,58)(H,46,62)(H,47,61)/t21-,23-,25+,26+,27+,28+,29+,30+,31+,32+/m1/s1. The Kier molecular flexibility index (Phi) is 19.3. The number of likely N-dealkylation sites (tertiary alicyclic amines) is 2. The van der Waals surface area contributed by atoms with Crippen molar-refractivity contribution in [1.29, 1.82) is 0 Å². The Morgan fingerprint density at radius 2 is 1.17 bits per heavy atom. The summed E-state index contributed by atoms with van der Waals surface area (Å²) in [5.41, 5.74) is 0.447. The highest BCUT2D eigenvalue weighted by molar-refractivity contribution is 5.98. The molecule has 3 saturated heterocycles. The predicted molar refractivity (Wildman–Crippen MR) is 220 cm³/mol. The molecule has 0 spiro atoms. The minimum absolute atomic E-state index is 0.0339. The van der Waals surface area contributed by atoms with E-state index in [9.17, 15) is 73.8 Å². The Balaban J connectivity index is 1.43. The van der Waals surface area contributed by atoms with E-state index in [1.165, 1.54) is 24.3 Å². The first-order valence-electron chi connectivity index (χ1n) is 21.1. The lowest BCUT2D eigenvalue weighted by Crippen LogP contribution is -2.62. The molecular formula is C40H59N9O15. The van der Waals surface area contributed by atoms with E-state index >= 15 is 0 Å². The maximum absolute atomic E-state index is 13.9. The number of aldehydes is 1. The Hall–Kier alpha value is -5.79. The van der Waals surface area contributed by atoms with Crippen molar-refractivity contribution in [2.24, 2.45) is 0 Å². The molecule has 0 unspecified atom stereocenters. The van der Waals surface area contributed by atoms with Gasteiger partial charge in [0.05, 0.1) is 38.6 Å². The molecule has 8 amide bonds. The van der Waals surface area contributed by atoms with Crippen molar-refractivity contribution in [1.82, 2.24) is 47.0 Å². The van der Waals surface area contributed by atoms with Crippen molar-refractivity contribution in [3.8, 4) is 5.75 Å². The van der Waals surface area contributed by atoms with Gasteiger partial charge in [-0.05, 0) is 69.7 Å². The number of nitrogens with one attached hydrogen (secondary N) is 7. The molecule has 3 aliphatic rings. The summed E-state index contributed by atoms with van der Waals surface area (Å²) in [6.45, 7) is -1.63. The quantitative estimate of drug-likeness (QED) is 0.0481. The van der Waals surface area contributed by atoms with Crippen molar-refractivity contribution < 1.29 is 73.8 Å². The average Bonchev–Trinajstić information content (AvgIpc) is 4.11. The highest BCUT2D eigenvalue weighted by atomic mass is 16.3. The molecule has 4 rings (SSSR count). The Bertz CT molecular complexity index is 1830. The van der Waals surface area contributed by atoms with E-state index in [1.54, 1.807) is 0 Å². The molecule has 10 atom stereocenters. The number of benzene rings is 1. The summed E-state index contributed by atoms with van der Waals surface area (Å²) in [6.07, 6.45) is 0.649. The number of carbonyl (C=O) groups is 9. The lowest BCUT2D eigenvalue weighted by Gasteiger charge is -2.31. The fourth-order valence-corrected chi connectivity index (χ4v) is 7.69. The number of phenols is 1. The summed E-state index contributed by atoms with van der Waals surface area (Å²) < 4.78 is 0. The monoisotopic (exact) mass is 905 g/mol. The second-order valence-electron chi connectivity index (χ2n) is 15.9. The van der Waals surface area contributed by atoms with Gasteiger partial charge >= 0.3 is 0 Å². The molecule has 13 N–H and O–H groups in total. The summed E-state index contributed by atoms with van der Waals surface area (Å²) in [5, 5.41) is 77.2. The Morgan fingerprint density at radius 3 is 1.66 bits per heavy atom. The fourth-order valence-electron chi connectivity index (χ4n) is 7.69. The van der Waals surface area contributed by atoms with E-state index < -0.39 is 134 Å². The molecule has 64 heavy (non-hydrogen) atoms. The van der Waals surface area contributed by atoms with Crippen LogP contribution in [0, 0.1) is 0 Å². The topological polar surface area (TPSA) is 366 Å². The van der Waals surface area contributed by atoms with Gasteiger partial charge in [0.2, 0.25) is 47.3 Å². The molecule has 0 aromatic heterocycles. The molecule has 24 nitrogen and oxygen atoms in total. The van der Waals surface area contributed by atoms with Crippen LogP contribution in [0.25, 0.3) is 0 Å². The van der Waals surface area contributed by atoms with Crippen LogP contribution in [-0.4, -0.2) is 201 Å². The maximum atomic E-state index is 13.9. The number of hydrogen-bond donors (Lipinski definition) is 13. The second-order valence-corrected chi connectivity index (χ2v) is 15.9. The zero-order chi connectivity index (χ0) is 47.1. The van der Waals surface area contributed by atoms with Gasteiger partial charge in [-0.2, -0.15) is 0 Å². The van der Waals surface area contributed by atoms with Crippen LogP contribution >= 0.6 is 0 Å². The van der Waals surface area contributed by atoms with Gasteiger partial charge in [0.1, 0.15) is 60.4 Å². The third-order valence-electron chi connectivity index (χ3n) is 11.2. The number of carbonyl (C=O) groups excluding carboxylic acids is 9. The number of aromatic hydroxyl groups is 1. The first-order chi connectivity index (χ1) is 30.6. The lowest BCUT2D eigenvalue weighted by atomic mass is 10.0. The van der Waals surface area contributed by atoms with Gasteiger partial charge in [0, 0.05) is 19.5 Å². The van der Waals surface area contributed by atoms with Crippen LogP contribution in [0.2, 0.25) is 0 Å². The molecule has 0 saturated carbocycles. The summed E-state index contributed by atoms with van der Waals surface area (Å²) in [4.78, 5) is 120. The van der Waals surface area contributed by atoms with Crippen LogP contribution in [0.1, 0.15) is 51.0 Å². The highest BCUT2D eigenvalue weighted by Crippen LogP contribution is 2.21. The first kappa shape index (κ1) is 50.9. The number of hydrogen-bond acceptors (Lipinski definition) is 16. The first-order valence-corrected chi connectivity index (χ1v) is 21.1. The largest absolute Gasteiger partial charge is 0.508 e. The number of phenolic OH excluding ortho intramolecular Hbond substituents is 1. The molecule has 3 aliphatic heterocycles. The molecule has 24 heteroatoms. The van der Waals surface area contributed by atoms with Crippen LogP contribution in [0.3, 0.4) is 0 Å². The third kappa shape index (κ3) is 13.4. The normalized spacial score (nSPS) is 21.6. The van der Waals surface area contributed by atoms with Gasteiger partial charge < -0.3 is 82.5 Å². The van der Waals surface area contributed by atoms with Gasteiger partial charge in [0.25, 0.3) is 0 Å². The van der Waals surface area contributed by atoms with Crippen LogP contribution in [0.4, 0.5) is 0 Å². The fraction of sp³-hybridized carbons (Fsp3) is 0.625. The smallest absolute Gasteiger partial charge is 0.248 e. The average molecular weight is 906 g/mol. The number of nitrogens with zero attached hydrogens (tertiary/aromatic N) is 2. The van der Waals surface area contributed by atoms with Crippen molar-refractivity contribution in [3.05, 3.63) is 29.8 Å². The summed E-state index contributed by atoms with van der Waals surface area (Å²) in [6, 6.07) is -6.49. The number of aliphatic hydroxyl groups excluding tert-OH is 5. The van der Waals surface area contributed by atoms with Crippen LogP contribution < -0.4 is 37.2 Å². The molecule has 0 aliphatic carbocycles. The number of rotatable bonds is 22. The van der Waals surface area contributed by atoms with E-state index in [0.717, 1.165) is 23.1 Å². The second kappa shape index (κ2) is 24.3. The van der Waals surface area contributed by atoms with Crippen molar-refractivity contribution >= 4 is 53.5 Å². The predicted octanol–water partition coefficient (Wildman–Crippen LogP) is -6.87. The van der Waals surface area contributed by atoms with Crippen LogP contribution in [0.5, 0.6) is 5.75 Å². The van der Waals surface area contributed by atoms with Crippen molar-refractivity contribution in [3.63, 3.8) is 0 Å². The third-order valence-corrected chi connectivity index (χ3v) is 11.2. The Labute approximate surface area is 367 Å². The summed E-state index contributed by atoms with van der Waals surface area (Å²) in [5.74, 6) is -7.06. The van der Waals surface area contributed by atoms with Gasteiger partial charge in [-0.1, -0.05) is 12.1 Å². The van der Waals surface area contributed by atoms with E-state index in [2.05, 4.69) is 37.2 Å². The molecule has 1 aromatic carbocycles. The van der Waals surface area contributed by atoms with Gasteiger partial charge in [-0.3, -0.25) is 38.4 Å². The van der Waals surface area contributed by atoms with Gasteiger partial charge in [0.15, 0.2) is 0 Å². The minimum atomic E-state index is -1.73. The van der Waals surface area contributed by atoms with E-state index in [0.29, 0.717) is 31.2 Å². The molecular weight excluding hydrogens is 846 g/mol. The highest BCUT2D eigenvalue weighted by Gasteiger charge is 2.42. The summed E-state index contributed by atoms with van der Waals surface area (Å²) in [7, 11) is 0. The molecule has 0 radical (unpaired) electrons. The zero-order valence-electron chi connectivity index (χ0n) is 35.3. The van der Waals surface area contributed by atoms with Crippen LogP contribution in [-0.2, 0) is 49.6 Å². The number of aliphatic hydroxyl groups is 5. The van der Waals surface area contributed by atoms with Crippen LogP contribution in [0.15, 0.2) is 24.3 Å². The SMILES string of the molecule is C[C@@H](O)[C@H](NC(=O)[C@@H]1CCCN1C(=O)[C@H](CO)NC(=O)[C@H](Cc1ccc(O)cc1)NC(=O)[C@H](CO)NC(=O)[C@@H]1CCCN1)C(=O)N[C@@H](CO)C(=O)N1CCC[C@H]1C(=O)N[C@H](C=O)CO. The van der Waals surface area contributed by atoms with Crippen molar-refractivity contribution in [2.75, 3.05) is 46.1 Å². The summed E-state index contributed by atoms with van der Waals surface area (Å²) >= 11 is 0. The molecule has 0 bridgehead atoms. The molecule has 3 heterocycles. The molecule has 1 aromatic rings. The van der Waals surface area contributed by atoms with Gasteiger partial charge in [-0.15, -0.1) is 0 Å². The number of amides is 8. The van der Waals surface area contributed by atoms with Crippen molar-refractivity contribution in [2.45, 2.75) is 112 Å². The van der Waals surface area contributed by atoms with E-state index in [-0.39, 0.29) is 44.5 Å². The van der Waals surface area contributed by atoms with E-state index in [4.69, 9.17) is 0 Å². The minimum Gasteiger partial charge on any atom is -0.508 e. The van der Waals surface area contributed by atoms with Gasteiger partial charge in [-0.25, -0.2) is 0 Å².